The number of anilines is 2. The van der Waals surface area contributed by atoms with E-state index in [-0.39, 0.29) is 41.9 Å². The number of benzene rings is 2. The Morgan fingerprint density at radius 1 is 1.21 bits per heavy atom. The molecule has 0 aliphatic carbocycles. The predicted molar refractivity (Wildman–Crippen MR) is 149 cm³/mol. The average molecular weight is 538 g/mol. The fraction of sp³-hybridized carbons (Fsp3) is 0.517. The Bertz CT molecular complexity index is 1180. The highest BCUT2D eigenvalue weighted by Crippen LogP contribution is 2.59. The number of fused-ring (bicyclic) bond motifs is 2. The molecular weight excluding hydrogens is 498 g/mol. The van der Waals surface area contributed by atoms with Crippen LogP contribution in [0.5, 0.6) is 0 Å². The van der Waals surface area contributed by atoms with Gasteiger partial charge in [-0.2, -0.15) is 0 Å². The highest BCUT2D eigenvalue weighted by atomic mass is 28.4. The number of amides is 2. The van der Waals surface area contributed by atoms with Crippen LogP contribution in [0.3, 0.4) is 0 Å². The van der Waals surface area contributed by atoms with Gasteiger partial charge in [-0.3, -0.25) is 9.59 Å². The van der Waals surface area contributed by atoms with Gasteiger partial charge in [-0.1, -0.05) is 37.3 Å². The number of rotatable bonds is 7. The van der Waals surface area contributed by atoms with Gasteiger partial charge in [0.2, 0.25) is 5.91 Å². The van der Waals surface area contributed by atoms with Crippen molar-refractivity contribution in [2.75, 3.05) is 29.9 Å². The summed E-state index contributed by atoms with van der Waals surface area (Å²) < 4.78 is 6.60. The number of para-hydroxylation sites is 1. The molecule has 3 aliphatic rings. The van der Waals surface area contributed by atoms with Crippen LogP contribution in [0.15, 0.2) is 48.5 Å². The van der Waals surface area contributed by atoms with Crippen LogP contribution in [-0.2, 0) is 26.5 Å². The lowest BCUT2D eigenvalue weighted by atomic mass is 9.82. The number of ether oxygens (including phenoxy) is 1. The van der Waals surface area contributed by atoms with E-state index in [0.29, 0.717) is 19.5 Å². The van der Waals surface area contributed by atoms with Crippen molar-refractivity contribution in [1.82, 2.24) is 5.32 Å². The number of aliphatic hydroxyl groups excluding tert-OH is 1. The van der Waals surface area contributed by atoms with E-state index in [1.165, 1.54) is 0 Å². The Balaban J connectivity index is 1.38. The summed E-state index contributed by atoms with van der Waals surface area (Å²) in [7, 11) is -2.71. The molecule has 3 heterocycles. The summed E-state index contributed by atoms with van der Waals surface area (Å²) in [6.07, 6.45) is 1.89. The van der Waals surface area contributed by atoms with Crippen LogP contribution >= 0.6 is 0 Å². The Labute approximate surface area is 225 Å². The molecule has 2 saturated heterocycles. The second kappa shape index (κ2) is 10.5. The summed E-state index contributed by atoms with van der Waals surface area (Å²) in [5, 5.41) is 16.0. The van der Waals surface area contributed by atoms with Crippen molar-refractivity contribution in [3.8, 4) is 0 Å². The first-order chi connectivity index (χ1) is 18.2. The van der Waals surface area contributed by atoms with Crippen LogP contribution in [0, 0.1) is 11.8 Å². The molecule has 0 radical (unpaired) electrons. The molecule has 3 aliphatic heterocycles. The molecule has 4 N–H and O–H groups in total. The van der Waals surface area contributed by atoms with E-state index in [1.807, 2.05) is 68.5 Å². The number of carbonyl (C=O) groups is 2. The lowest BCUT2D eigenvalue weighted by molar-refractivity contribution is -0.146. The van der Waals surface area contributed by atoms with Gasteiger partial charge in [0.15, 0.2) is 13.9 Å². The van der Waals surface area contributed by atoms with Crippen molar-refractivity contribution in [2.24, 2.45) is 11.8 Å². The quantitative estimate of drug-likeness (QED) is 0.403. The fourth-order valence-corrected chi connectivity index (χ4v) is 9.38. The SMILES string of the molecule is C[C@@H]1[C@@H]([Si](C)(C)O)[C@H](CCO)O[C@@]12C(=O)N(Cc1ccc(NC(=O)C3CCCNC3)cc1)c1ccccc12. The van der Waals surface area contributed by atoms with Gasteiger partial charge in [0.05, 0.1) is 24.3 Å². The van der Waals surface area contributed by atoms with E-state index in [4.69, 9.17) is 4.74 Å². The molecule has 2 aromatic rings. The first kappa shape index (κ1) is 27.0. The van der Waals surface area contributed by atoms with E-state index < -0.39 is 13.9 Å². The number of nitrogens with zero attached hydrogens (tertiary/aromatic N) is 1. The molecule has 2 amide bonds. The standard InChI is InChI=1S/C29H39N3O5Si/c1-19-26(38(2,3)36)25(14-16-33)37-29(19)23-8-4-5-9-24(23)32(28(29)35)18-20-10-12-22(13-11-20)31-27(34)21-7-6-15-30-17-21/h4-5,8-13,19,21,25-26,30,33,36H,6-7,14-18H2,1-3H3,(H,31,34)/t19-,21?,25+,26-,29+/m1/s1. The number of piperidine rings is 1. The number of hydrogen-bond acceptors (Lipinski definition) is 6. The summed E-state index contributed by atoms with van der Waals surface area (Å²) in [6.45, 7) is 7.75. The molecule has 0 saturated carbocycles. The molecule has 5 rings (SSSR count). The molecule has 2 fully saturated rings. The van der Waals surface area contributed by atoms with Gasteiger partial charge in [0, 0.05) is 35.9 Å². The van der Waals surface area contributed by atoms with E-state index in [2.05, 4.69) is 10.6 Å². The Morgan fingerprint density at radius 2 is 1.95 bits per heavy atom. The van der Waals surface area contributed by atoms with E-state index >= 15 is 0 Å². The van der Waals surface area contributed by atoms with Crippen LogP contribution in [0.2, 0.25) is 18.6 Å². The van der Waals surface area contributed by atoms with Crippen LogP contribution in [-0.4, -0.2) is 55.8 Å². The minimum Gasteiger partial charge on any atom is -0.432 e. The normalized spacial score (nSPS) is 29.1. The van der Waals surface area contributed by atoms with Crippen LogP contribution in [0.4, 0.5) is 11.4 Å². The first-order valence-electron chi connectivity index (χ1n) is 13.7. The van der Waals surface area contributed by atoms with Crippen molar-refractivity contribution in [2.45, 2.75) is 63.1 Å². The van der Waals surface area contributed by atoms with Gasteiger partial charge in [-0.15, -0.1) is 0 Å². The molecule has 0 aromatic heterocycles. The van der Waals surface area contributed by atoms with E-state index in [1.54, 1.807) is 4.90 Å². The van der Waals surface area contributed by atoms with Gasteiger partial charge in [0.25, 0.3) is 5.91 Å². The smallest absolute Gasteiger partial charge is 0.264 e. The molecule has 2 aromatic carbocycles. The lowest BCUT2D eigenvalue weighted by Gasteiger charge is -2.32. The third-order valence-corrected chi connectivity index (χ3v) is 11.0. The largest absolute Gasteiger partial charge is 0.432 e. The van der Waals surface area contributed by atoms with Crippen molar-refractivity contribution >= 4 is 31.5 Å². The first-order valence-corrected chi connectivity index (χ1v) is 16.7. The Hall–Kier alpha value is -2.56. The molecule has 8 nitrogen and oxygen atoms in total. The Kier molecular flexibility index (Phi) is 7.50. The fourth-order valence-electron chi connectivity index (χ4n) is 6.78. The molecule has 204 valence electrons. The number of hydrogen-bond donors (Lipinski definition) is 4. The third-order valence-electron chi connectivity index (χ3n) is 8.53. The maximum atomic E-state index is 14.2. The maximum Gasteiger partial charge on any atom is 0.264 e. The highest BCUT2D eigenvalue weighted by molar-refractivity contribution is 6.71. The van der Waals surface area contributed by atoms with Crippen molar-refractivity contribution in [1.29, 1.82) is 0 Å². The average Bonchev–Trinajstić information content (AvgIpc) is 3.33. The summed E-state index contributed by atoms with van der Waals surface area (Å²) in [4.78, 5) is 39.8. The van der Waals surface area contributed by atoms with Crippen molar-refractivity contribution in [3.63, 3.8) is 0 Å². The minimum absolute atomic E-state index is 0.0165. The molecule has 0 bridgehead atoms. The summed E-state index contributed by atoms with van der Waals surface area (Å²) in [5.74, 6) is -0.351. The monoisotopic (exact) mass is 537 g/mol. The number of nitrogens with one attached hydrogen (secondary N) is 2. The zero-order valence-electron chi connectivity index (χ0n) is 22.4. The summed E-state index contributed by atoms with van der Waals surface area (Å²) >= 11 is 0. The van der Waals surface area contributed by atoms with Gasteiger partial charge in [-0.25, -0.2) is 0 Å². The number of aliphatic hydroxyl groups is 1. The Morgan fingerprint density at radius 3 is 2.61 bits per heavy atom. The highest BCUT2D eigenvalue weighted by Gasteiger charge is 2.65. The van der Waals surface area contributed by atoms with Crippen molar-refractivity contribution in [3.05, 3.63) is 59.7 Å². The zero-order valence-corrected chi connectivity index (χ0v) is 23.4. The van der Waals surface area contributed by atoms with Crippen LogP contribution in [0.25, 0.3) is 0 Å². The third kappa shape index (κ3) is 4.71. The number of carbonyl (C=O) groups excluding carboxylic acids is 2. The van der Waals surface area contributed by atoms with E-state index in [0.717, 1.165) is 41.9 Å². The van der Waals surface area contributed by atoms with Crippen LogP contribution < -0.4 is 15.5 Å². The van der Waals surface area contributed by atoms with Gasteiger partial charge in [-0.05, 0) is 62.7 Å². The molecule has 9 heteroatoms. The van der Waals surface area contributed by atoms with Gasteiger partial charge < -0.3 is 30.2 Å². The zero-order chi connectivity index (χ0) is 27.1. The molecular formula is C29H39N3O5Si. The minimum atomic E-state index is -2.71. The van der Waals surface area contributed by atoms with Crippen molar-refractivity contribution < 1.29 is 24.2 Å². The molecule has 1 unspecified atom stereocenters. The molecule has 1 spiro atoms. The summed E-state index contributed by atoms with van der Waals surface area (Å²) in [5.41, 5.74) is 1.95. The lowest BCUT2D eigenvalue weighted by Crippen LogP contribution is -2.46. The molecule has 5 atom stereocenters. The van der Waals surface area contributed by atoms with Crippen LogP contribution in [0.1, 0.15) is 37.3 Å². The second-order valence-electron chi connectivity index (χ2n) is 11.5. The molecule has 38 heavy (non-hydrogen) atoms. The second-order valence-corrected chi connectivity index (χ2v) is 15.5. The maximum absolute atomic E-state index is 14.2. The van der Waals surface area contributed by atoms with E-state index in [9.17, 15) is 19.5 Å². The predicted octanol–water partition coefficient (Wildman–Crippen LogP) is 3.35. The summed E-state index contributed by atoms with van der Waals surface area (Å²) in [6, 6.07) is 15.4. The van der Waals surface area contributed by atoms with Gasteiger partial charge >= 0.3 is 0 Å². The topological polar surface area (TPSA) is 111 Å². The van der Waals surface area contributed by atoms with Gasteiger partial charge in [0.1, 0.15) is 0 Å².